The predicted molar refractivity (Wildman–Crippen MR) is 170 cm³/mol. The molecule has 0 aliphatic carbocycles. The highest BCUT2D eigenvalue weighted by Gasteiger charge is 2.37. The number of carbonyl (C=O) groups is 2. The third-order valence-corrected chi connectivity index (χ3v) is 9.10. The highest BCUT2D eigenvalue weighted by molar-refractivity contribution is 6.19. The van der Waals surface area contributed by atoms with Crippen LogP contribution in [0.4, 0.5) is 17.1 Å². The number of halogens is 1. The zero-order valence-electron chi connectivity index (χ0n) is 23.5. The standard InChI is InChI=1S/C34H26ClN3O6/c1-18-16-36(27-13-29(39)23-6-2-4-8-25(23)31(18)27)33(41)19-10-20(12-22(11-19)38(43)44)34(42)37-17-21(15-35)32-26-9-5-3-7-24(26)30(40)14-28(32)37/h2-14,18,21,39-40H,15-17H2,1H3/t18-,21-/m1/s1. The van der Waals surface area contributed by atoms with Crippen LogP contribution in [0.3, 0.4) is 0 Å². The lowest BCUT2D eigenvalue weighted by Crippen LogP contribution is -2.32. The molecule has 0 saturated carbocycles. The molecule has 0 spiro atoms. The fourth-order valence-electron chi connectivity index (χ4n) is 6.78. The van der Waals surface area contributed by atoms with Crippen molar-refractivity contribution in [1.82, 2.24) is 0 Å². The van der Waals surface area contributed by atoms with Gasteiger partial charge in [-0.3, -0.25) is 19.7 Å². The number of phenols is 2. The first-order chi connectivity index (χ1) is 21.2. The number of nitro groups is 1. The molecule has 0 bridgehead atoms. The maximum Gasteiger partial charge on any atom is 0.271 e. The Labute approximate surface area is 256 Å². The summed E-state index contributed by atoms with van der Waals surface area (Å²) in [4.78, 5) is 42.4. The summed E-state index contributed by atoms with van der Waals surface area (Å²) in [5, 5.41) is 36.4. The van der Waals surface area contributed by atoms with E-state index in [1.165, 1.54) is 28.0 Å². The van der Waals surface area contributed by atoms with Crippen molar-refractivity contribution in [3.63, 3.8) is 0 Å². The molecule has 0 fully saturated rings. The number of amides is 2. The Morgan fingerprint density at radius 2 is 1.27 bits per heavy atom. The van der Waals surface area contributed by atoms with Gasteiger partial charge in [0, 0.05) is 77.0 Å². The normalized spacial score (nSPS) is 17.2. The van der Waals surface area contributed by atoms with Gasteiger partial charge < -0.3 is 20.0 Å². The maximum absolute atomic E-state index is 14.1. The number of carbonyl (C=O) groups excluding carboxylic acids is 2. The third-order valence-electron chi connectivity index (χ3n) is 8.73. The molecule has 2 aliphatic heterocycles. The Kier molecular flexibility index (Phi) is 6.44. The molecule has 7 rings (SSSR count). The Bertz CT molecular complexity index is 2060. The van der Waals surface area contributed by atoms with E-state index in [9.17, 15) is 29.9 Å². The molecule has 0 radical (unpaired) electrons. The van der Waals surface area contributed by atoms with Gasteiger partial charge in [-0.25, -0.2) is 0 Å². The Balaban J connectivity index is 1.31. The second-order valence-corrected chi connectivity index (χ2v) is 11.7. The van der Waals surface area contributed by atoms with E-state index in [4.69, 9.17) is 11.6 Å². The Morgan fingerprint density at radius 1 is 0.795 bits per heavy atom. The van der Waals surface area contributed by atoms with E-state index < -0.39 is 22.4 Å². The first-order valence-electron chi connectivity index (χ1n) is 14.2. The van der Waals surface area contributed by atoms with E-state index in [1.54, 1.807) is 12.1 Å². The molecule has 220 valence electrons. The second kappa shape index (κ2) is 10.2. The summed E-state index contributed by atoms with van der Waals surface area (Å²) in [5.41, 5.74) is 2.26. The molecule has 2 N–H and O–H groups in total. The number of aromatic hydroxyl groups is 2. The number of nitrogens with zero attached hydrogens (tertiary/aromatic N) is 3. The fourth-order valence-corrected chi connectivity index (χ4v) is 7.03. The highest BCUT2D eigenvalue weighted by Crippen LogP contribution is 2.47. The summed E-state index contributed by atoms with van der Waals surface area (Å²) in [6.45, 7) is 2.49. The minimum atomic E-state index is -0.633. The maximum atomic E-state index is 14.1. The molecule has 9 nitrogen and oxygen atoms in total. The summed E-state index contributed by atoms with van der Waals surface area (Å²) < 4.78 is 0. The largest absolute Gasteiger partial charge is 0.507 e. The van der Waals surface area contributed by atoms with Crippen LogP contribution in [0.15, 0.2) is 78.9 Å². The topological polar surface area (TPSA) is 124 Å². The lowest BCUT2D eigenvalue weighted by Gasteiger charge is -2.21. The highest BCUT2D eigenvalue weighted by atomic mass is 35.5. The lowest BCUT2D eigenvalue weighted by molar-refractivity contribution is -0.384. The summed E-state index contributed by atoms with van der Waals surface area (Å²) in [5.74, 6) is -1.12. The van der Waals surface area contributed by atoms with Gasteiger partial charge in [0.1, 0.15) is 11.5 Å². The summed E-state index contributed by atoms with van der Waals surface area (Å²) in [6, 6.07) is 21.5. The molecule has 0 unspecified atom stereocenters. The van der Waals surface area contributed by atoms with Crippen molar-refractivity contribution < 1.29 is 24.7 Å². The van der Waals surface area contributed by atoms with Crippen molar-refractivity contribution >= 4 is 62.0 Å². The van der Waals surface area contributed by atoms with E-state index in [2.05, 4.69) is 0 Å². The van der Waals surface area contributed by atoms with Crippen molar-refractivity contribution in [3.8, 4) is 11.5 Å². The molecular weight excluding hydrogens is 582 g/mol. The van der Waals surface area contributed by atoms with Crippen LogP contribution in [0.25, 0.3) is 21.5 Å². The van der Waals surface area contributed by atoms with Crippen LogP contribution in [0.2, 0.25) is 0 Å². The van der Waals surface area contributed by atoms with Gasteiger partial charge in [0.25, 0.3) is 17.5 Å². The third kappa shape index (κ3) is 4.15. The lowest BCUT2D eigenvalue weighted by atomic mass is 9.95. The number of hydrogen-bond donors (Lipinski definition) is 2. The number of nitro benzene ring substituents is 1. The van der Waals surface area contributed by atoms with Crippen LogP contribution in [-0.2, 0) is 0 Å². The van der Waals surface area contributed by atoms with Gasteiger partial charge in [-0.15, -0.1) is 11.6 Å². The van der Waals surface area contributed by atoms with Crippen molar-refractivity contribution in [2.24, 2.45) is 0 Å². The van der Waals surface area contributed by atoms with E-state index in [1.807, 2.05) is 49.4 Å². The molecule has 5 aromatic rings. The number of phenolic OH excluding ortho intramolecular Hbond substituents is 2. The minimum Gasteiger partial charge on any atom is -0.507 e. The molecule has 10 heteroatoms. The summed E-state index contributed by atoms with van der Waals surface area (Å²) in [7, 11) is 0. The Hall–Kier alpha value is -5.15. The van der Waals surface area contributed by atoms with Crippen molar-refractivity contribution in [2.75, 3.05) is 28.8 Å². The van der Waals surface area contributed by atoms with Crippen LogP contribution in [0.5, 0.6) is 11.5 Å². The van der Waals surface area contributed by atoms with Crippen molar-refractivity contribution in [3.05, 3.63) is 111 Å². The van der Waals surface area contributed by atoms with Crippen LogP contribution in [0, 0.1) is 10.1 Å². The second-order valence-electron chi connectivity index (χ2n) is 11.4. The van der Waals surface area contributed by atoms with E-state index >= 15 is 0 Å². The average molecular weight is 608 g/mol. The zero-order valence-corrected chi connectivity index (χ0v) is 24.3. The van der Waals surface area contributed by atoms with Crippen LogP contribution < -0.4 is 9.80 Å². The Morgan fingerprint density at radius 3 is 1.80 bits per heavy atom. The number of hydrogen-bond acceptors (Lipinski definition) is 6. The SMILES string of the molecule is C[C@@H]1CN(C(=O)c2cc(C(=O)N3C[C@@H](CCl)c4c3cc(O)c3ccccc43)cc([N+](=O)[O-])c2)c2cc(O)c3ccccc3c21. The summed E-state index contributed by atoms with van der Waals surface area (Å²) in [6.07, 6.45) is 0. The van der Waals surface area contributed by atoms with Gasteiger partial charge in [0.15, 0.2) is 0 Å². The summed E-state index contributed by atoms with van der Waals surface area (Å²) >= 11 is 6.34. The molecular formula is C34H26ClN3O6. The predicted octanol–water partition coefficient (Wildman–Crippen LogP) is 7.06. The van der Waals surface area contributed by atoms with Crippen molar-refractivity contribution in [2.45, 2.75) is 18.8 Å². The molecule has 0 saturated heterocycles. The number of alkyl halides is 1. The van der Waals surface area contributed by atoms with Crippen LogP contribution in [0.1, 0.15) is 50.6 Å². The average Bonchev–Trinajstić information content (AvgIpc) is 3.57. The number of anilines is 2. The van der Waals surface area contributed by atoms with Crippen molar-refractivity contribution in [1.29, 1.82) is 0 Å². The molecule has 5 aromatic carbocycles. The first kappa shape index (κ1) is 27.7. The molecule has 2 amide bonds. The van der Waals surface area contributed by atoms with Crippen LogP contribution in [-0.4, -0.2) is 45.9 Å². The van der Waals surface area contributed by atoms with E-state index in [0.717, 1.165) is 28.0 Å². The molecule has 2 heterocycles. The van der Waals surface area contributed by atoms with E-state index in [-0.39, 0.29) is 46.9 Å². The van der Waals surface area contributed by atoms with Gasteiger partial charge in [0.05, 0.1) is 16.3 Å². The van der Waals surface area contributed by atoms with Crippen LogP contribution >= 0.6 is 11.6 Å². The molecule has 2 atom stereocenters. The van der Waals surface area contributed by atoms with Gasteiger partial charge >= 0.3 is 0 Å². The fraction of sp³-hybridized carbons (Fsp3) is 0.176. The van der Waals surface area contributed by atoms with Gasteiger partial charge in [-0.05, 0) is 28.0 Å². The molecule has 2 aliphatic rings. The smallest absolute Gasteiger partial charge is 0.271 e. The molecule has 44 heavy (non-hydrogen) atoms. The number of non-ortho nitro benzene ring substituents is 1. The number of fused-ring (bicyclic) bond motifs is 6. The number of benzene rings is 5. The minimum absolute atomic E-state index is 0.000114. The quantitative estimate of drug-likeness (QED) is 0.128. The van der Waals surface area contributed by atoms with Gasteiger partial charge in [0.2, 0.25) is 0 Å². The van der Waals surface area contributed by atoms with E-state index in [0.29, 0.717) is 28.7 Å². The molecule has 0 aromatic heterocycles. The van der Waals surface area contributed by atoms with Gasteiger partial charge in [-0.2, -0.15) is 0 Å². The van der Waals surface area contributed by atoms with Gasteiger partial charge in [-0.1, -0.05) is 55.5 Å². The zero-order chi connectivity index (χ0) is 30.9. The number of rotatable bonds is 4. The monoisotopic (exact) mass is 607 g/mol. The first-order valence-corrected chi connectivity index (χ1v) is 14.7.